The summed E-state index contributed by atoms with van der Waals surface area (Å²) < 4.78 is 5.20. The van der Waals surface area contributed by atoms with Crippen LogP contribution in [-0.4, -0.2) is 12.5 Å². The minimum absolute atomic E-state index is 0.273. The van der Waals surface area contributed by atoms with Crippen LogP contribution in [0.25, 0.3) is 0 Å². The number of ether oxygens (including phenoxy) is 1. The molecule has 0 radical (unpaired) electrons. The van der Waals surface area contributed by atoms with E-state index in [2.05, 4.69) is 11.1 Å². The van der Waals surface area contributed by atoms with Crippen LogP contribution in [-0.2, 0) is 4.74 Å². The summed E-state index contributed by atoms with van der Waals surface area (Å²) in [5, 5.41) is 0. The smallest absolute Gasteiger partial charge is 0.328 e. The number of hydrogen-bond acceptors (Lipinski definition) is 1. The maximum Gasteiger partial charge on any atom is 0.328 e. The molecule has 46 valence electrons. The fraction of sp³-hybridized carbons (Fsp3) is 0.286. The Kier molecular flexibility index (Phi) is 0.918. The zero-order chi connectivity index (χ0) is 6.10. The van der Waals surface area contributed by atoms with Gasteiger partial charge in [0, 0.05) is 12.5 Å². The van der Waals surface area contributed by atoms with Crippen molar-refractivity contribution in [3.63, 3.8) is 0 Å². The Hall–Kier alpha value is -1.05. The molecule has 9 heavy (non-hydrogen) atoms. The molecule has 1 aliphatic heterocycles. The molecule has 0 aromatic heterocycles. The lowest BCUT2D eigenvalue weighted by molar-refractivity contribution is -0.387. The maximum absolute atomic E-state index is 5.20. The lowest BCUT2D eigenvalue weighted by atomic mass is 10.1. The molecule has 0 spiro atoms. The Labute approximate surface area is 53.5 Å². The SMILES string of the molecule is C1=CCC2OC=[NH+]C2=C1. The molecule has 1 heterocycles. The number of allylic oxidation sites excluding steroid dienone is 2. The average Bonchev–Trinajstić information content (AvgIpc) is 2.33. The molecule has 0 amide bonds. The summed E-state index contributed by atoms with van der Waals surface area (Å²) in [5.74, 6) is 0. The standard InChI is InChI=1S/C7H7NO/c1-2-4-7-6(3-1)8-5-9-7/h1-3,5,7H,4H2/p+1. The average molecular weight is 122 g/mol. The third-order valence-electron chi connectivity index (χ3n) is 1.57. The Balaban J connectivity index is 2.31. The molecular weight excluding hydrogens is 114 g/mol. The van der Waals surface area contributed by atoms with Crippen molar-refractivity contribution in [2.45, 2.75) is 12.5 Å². The van der Waals surface area contributed by atoms with Gasteiger partial charge in [0.25, 0.3) is 0 Å². The molecule has 0 saturated heterocycles. The van der Waals surface area contributed by atoms with Crippen LogP contribution < -0.4 is 4.99 Å². The van der Waals surface area contributed by atoms with Crippen molar-refractivity contribution in [3.05, 3.63) is 23.9 Å². The second-order valence-corrected chi connectivity index (χ2v) is 2.17. The molecule has 1 N–H and O–H groups in total. The Morgan fingerprint density at radius 2 is 2.67 bits per heavy atom. The normalized spacial score (nSPS) is 29.3. The van der Waals surface area contributed by atoms with Gasteiger partial charge >= 0.3 is 6.40 Å². The monoisotopic (exact) mass is 122 g/mol. The van der Waals surface area contributed by atoms with Crippen molar-refractivity contribution in [2.24, 2.45) is 0 Å². The summed E-state index contributed by atoms with van der Waals surface area (Å²) in [6, 6.07) is 0. The molecule has 2 heteroatoms. The second kappa shape index (κ2) is 1.72. The summed E-state index contributed by atoms with van der Waals surface area (Å²) in [6.07, 6.45) is 9.10. The first kappa shape index (κ1) is 4.79. The predicted octanol–water partition coefficient (Wildman–Crippen LogP) is -0.662. The third kappa shape index (κ3) is 0.669. The highest BCUT2D eigenvalue weighted by Crippen LogP contribution is 2.11. The Morgan fingerprint density at radius 1 is 1.67 bits per heavy atom. The van der Waals surface area contributed by atoms with Crippen LogP contribution in [0.2, 0.25) is 0 Å². The van der Waals surface area contributed by atoms with Crippen molar-refractivity contribution < 1.29 is 9.73 Å². The van der Waals surface area contributed by atoms with Crippen LogP contribution in [0.5, 0.6) is 0 Å². The molecule has 0 fully saturated rings. The van der Waals surface area contributed by atoms with Crippen LogP contribution in [0.3, 0.4) is 0 Å². The van der Waals surface area contributed by atoms with Gasteiger partial charge in [-0.15, -0.1) is 0 Å². The van der Waals surface area contributed by atoms with E-state index in [1.54, 1.807) is 6.40 Å². The topological polar surface area (TPSA) is 23.2 Å². The summed E-state index contributed by atoms with van der Waals surface area (Å²) in [7, 11) is 0. The van der Waals surface area contributed by atoms with Crippen LogP contribution in [0, 0.1) is 0 Å². The van der Waals surface area contributed by atoms with Gasteiger partial charge in [0.1, 0.15) is 0 Å². The summed E-state index contributed by atoms with van der Waals surface area (Å²) >= 11 is 0. The van der Waals surface area contributed by atoms with Crippen molar-refractivity contribution in [3.8, 4) is 0 Å². The molecule has 2 rings (SSSR count). The number of hydrogen-bond donors (Lipinski definition) is 1. The van der Waals surface area contributed by atoms with E-state index in [4.69, 9.17) is 4.74 Å². The first-order chi connectivity index (χ1) is 4.47. The fourth-order valence-corrected chi connectivity index (χ4v) is 1.06. The first-order valence-electron chi connectivity index (χ1n) is 3.07. The first-order valence-corrected chi connectivity index (χ1v) is 3.07. The summed E-state index contributed by atoms with van der Waals surface area (Å²) in [5.41, 5.74) is 1.18. The number of nitrogens with one attached hydrogen (secondary N) is 1. The lowest BCUT2D eigenvalue weighted by Crippen LogP contribution is -2.64. The van der Waals surface area contributed by atoms with Gasteiger partial charge in [-0.3, -0.25) is 0 Å². The largest absolute Gasteiger partial charge is 0.435 e. The van der Waals surface area contributed by atoms with Crippen molar-refractivity contribution in [1.29, 1.82) is 0 Å². The van der Waals surface area contributed by atoms with E-state index >= 15 is 0 Å². The fourth-order valence-electron chi connectivity index (χ4n) is 1.06. The van der Waals surface area contributed by atoms with Gasteiger partial charge in [0.15, 0.2) is 6.10 Å². The van der Waals surface area contributed by atoms with E-state index in [1.807, 2.05) is 12.2 Å². The van der Waals surface area contributed by atoms with Gasteiger partial charge in [0.05, 0.1) is 0 Å². The van der Waals surface area contributed by atoms with Crippen LogP contribution >= 0.6 is 0 Å². The van der Waals surface area contributed by atoms with Crippen molar-refractivity contribution in [1.82, 2.24) is 0 Å². The zero-order valence-electron chi connectivity index (χ0n) is 5.00. The number of fused-ring (bicyclic) bond motifs is 1. The molecule has 1 aliphatic carbocycles. The molecular formula is C7H8NO+. The minimum Gasteiger partial charge on any atom is -0.435 e. The van der Waals surface area contributed by atoms with Gasteiger partial charge < -0.3 is 4.74 Å². The van der Waals surface area contributed by atoms with E-state index in [0.717, 1.165) is 6.42 Å². The van der Waals surface area contributed by atoms with Crippen LogP contribution in [0.1, 0.15) is 6.42 Å². The van der Waals surface area contributed by atoms with E-state index in [-0.39, 0.29) is 6.10 Å². The van der Waals surface area contributed by atoms with Crippen molar-refractivity contribution in [2.75, 3.05) is 0 Å². The highest BCUT2D eigenvalue weighted by atomic mass is 16.5. The molecule has 0 bridgehead atoms. The molecule has 0 aromatic rings. The Morgan fingerprint density at radius 3 is 3.56 bits per heavy atom. The third-order valence-corrected chi connectivity index (χ3v) is 1.57. The molecule has 1 unspecified atom stereocenters. The molecule has 0 aromatic carbocycles. The van der Waals surface area contributed by atoms with E-state index in [1.165, 1.54) is 5.70 Å². The van der Waals surface area contributed by atoms with E-state index < -0.39 is 0 Å². The van der Waals surface area contributed by atoms with E-state index in [0.29, 0.717) is 0 Å². The second-order valence-electron chi connectivity index (χ2n) is 2.17. The molecule has 2 aliphatic rings. The molecule has 1 atom stereocenters. The summed E-state index contributed by atoms with van der Waals surface area (Å²) in [6.45, 7) is 0. The Bertz CT molecular complexity index is 203. The highest BCUT2D eigenvalue weighted by Gasteiger charge is 2.24. The number of rotatable bonds is 0. The highest BCUT2D eigenvalue weighted by molar-refractivity contribution is 5.44. The maximum atomic E-state index is 5.20. The van der Waals surface area contributed by atoms with Gasteiger partial charge in [-0.25, -0.2) is 0 Å². The van der Waals surface area contributed by atoms with Gasteiger partial charge in [0.2, 0.25) is 5.70 Å². The summed E-state index contributed by atoms with van der Waals surface area (Å²) in [4.78, 5) is 3.02. The minimum atomic E-state index is 0.273. The van der Waals surface area contributed by atoms with Gasteiger partial charge in [-0.1, -0.05) is 12.2 Å². The predicted molar refractivity (Wildman–Crippen MR) is 33.7 cm³/mol. The van der Waals surface area contributed by atoms with E-state index in [9.17, 15) is 0 Å². The van der Waals surface area contributed by atoms with Crippen LogP contribution in [0.15, 0.2) is 23.9 Å². The van der Waals surface area contributed by atoms with Gasteiger partial charge in [-0.05, 0) is 0 Å². The molecule has 2 nitrogen and oxygen atoms in total. The lowest BCUT2D eigenvalue weighted by Gasteiger charge is -2.04. The zero-order valence-corrected chi connectivity index (χ0v) is 5.00. The van der Waals surface area contributed by atoms with Gasteiger partial charge in [-0.2, -0.15) is 4.99 Å². The quantitative estimate of drug-likeness (QED) is 0.453. The van der Waals surface area contributed by atoms with Crippen LogP contribution in [0.4, 0.5) is 0 Å². The molecule has 0 saturated carbocycles. The van der Waals surface area contributed by atoms with Crippen molar-refractivity contribution >= 4 is 6.40 Å².